The van der Waals surface area contributed by atoms with Gasteiger partial charge in [0.25, 0.3) is 0 Å². The average molecular weight is 651 g/mol. The number of hydrogen-bond acceptors (Lipinski definition) is 5. The Labute approximate surface area is 285 Å². The Hall–Kier alpha value is -3.64. The molecule has 4 aromatic carbocycles. The zero-order valence-corrected chi connectivity index (χ0v) is 28.2. The number of hydrogen-bond donors (Lipinski definition) is 0. The highest BCUT2D eigenvalue weighted by atomic mass is 35.5. The predicted octanol–water partition coefficient (Wildman–Crippen LogP) is 8.58. The third-order valence-electron chi connectivity index (χ3n) is 10.1. The molecule has 0 radical (unpaired) electrons. The number of aryl methyl sites for hydroxylation is 1. The molecule has 0 aromatic heterocycles. The summed E-state index contributed by atoms with van der Waals surface area (Å²) in [6, 6.07) is 36.5. The van der Waals surface area contributed by atoms with Crippen molar-refractivity contribution < 1.29 is 14.3 Å². The van der Waals surface area contributed by atoms with E-state index in [9.17, 15) is 4.79 Å². The fourth-order valence-corrected chi connectivity index (χ4v) is 7.77. The lowest BCUT2D eigenvalue weighted by atomic mass is 9.87. The van der Waals surface area contributed by atoms with Crippen LogP contribution >= 0.6 is 11.6 Å². The molecule has 3 atom stereocenters. The second-order valence-corrected chi connectivity index (χ2v) is 13.6. The first kappa shape index (κ1) is 33.3. The number of methoxy groups -OCH3 is 1. The quantitative estimate of drug-likeness (QED) is 0.136. The Balaban J connectivity index is 1.13. The van der Waals surface area contributed by atoms with Crippen molar-refractivity contribution in [1.29, 1.82) is 0 Å². The van der Waals surface area contributed by atoms with Gasteiger partial charge in [0.2, 0.25) is 0 Å². The van der Waals surface area contributed by atoms with Crippen molar-refractivity contribution in [3.05, 3.63) is 136 Å². The molecule has 2 fully saturated rings. The van der Waals surface area contributed by atoms with Crippen LogP contribution in [0, 0.1) is 11.8 Å². The number of piperidine rings is 1. The molecule has 0 spiro atoms. The number of likely N-dealkylation sites (tertiary alicyclic amines) is 2. The SMILES string of the molecule is COc1ccc(COC(=O)[C@@H](c2ccccc2Cl)N2C[C@H](CN3CCC(CCCc4ccccc4)CC3)[C@@H](c3ccccc3)C2)cc1. The number of carbonyl (C=O) groups excluding carboxylic acids is 1. The molecule has 5 nitrogen and oxygen atoms in total. The highest BCUT2D eigenvalue weighted by Gasteiger charge is 2.42. The number of esters is 1. The van der Waals surface area contributed by atoms with Crippen LogP contribution in [0.5, 0.6) is 5.75 Å². The van der Waals surface area contributed by atoms with E-state index in [1.165, 1.54) is 43.2 Å². The molecule has 0 amide bonds. The summed E-state index contributed by atoms with van der Waals surface area (Å²) in [6.45, 7) is 5.10. The Morgan fingerprint density at radius 2 is 1.51 bits per heavy atom. The maximum absolute atomic E-state index is 14.0. The van der Waals surface area contributed by atoms with E-state index in [1.807, 2.05) is 48.5 Å². The van der Waals surface area contributed by atoms with E-state index >= 15 is 0 Å². The second-order valence-electron chi connectivity index (χ2n) is 13.2. The van der Waals surface area contributed by atoms with Crippen molar-refractivity contribution in [3.8, 4) is 5.75 Å². The standard InChI is InChI=1S/C41H47ClN2O3/c1-46-36-21-19-33(20-22-36)30-47-41(45)40(37-17-8-9-18-39(37)42)44-28-35(38(29-44)34-15-6-3-7-16-34)27-43-25-23-32(24-26-43)14-10-13-31-11-4-2-5-12-31/h2-9,11-12,15-22,32,35,38,40H,10,13-14,23-30H2,1H3/t35-,38+,40+/m0/s1. The van der Waals surface area contributed by atoms with E-state index in [2.05, 4.69) is 70.5 Å². The minimum atomic E-state index is -0.575. The summed E-state index contributed by atoms with van der Waals surface area (Å²) in [5.74, 6) is 2.03. The van der Waals surface area contributed by atoms with Gasteiger partial charge in [0.05, 0.1) is 7.11 Å². The molecule has 2 saturated heterocycles. The van der Waals surface area contributed by atoms with Crippen LogP contribution in [-0.4, -0.2) is 55.6 Å². The maximum Gasteiger partial charge on any atom is 0.328 e. The van der Waals surface area contributed by atoms with Crippen molar-refractivity contribution in [1.82, 2.24) is 9.80 Å². The van der Waals surface area contributed by atoms with Crippen LogP contribution in [0.25, 0.3) is 0 Å². The van der Waals surface area contributed by atoms with E-state index in [-0.39, 0.29) is 12.6 Å². The van der Waals surface area contributed by atoms with E-state index in [4.69, 9.17) is 21.1 Å². The van der Waals surface area contributed by atoms with Crippen LogP contribution in [0.2, 0.25) is 5.02 Å². The Morgan fingerprint density at radius 3 is 2.21 bits per heavy atom. The van der Waals surface area contributed by atoms with Gasteiger partial charge in [0, 0.05) is 30.6 Å². The molecule has 0 N–H and O–H groups in total. The summed E-state index contributed by atoms with van der Waals surface area (Å²) in [5.41, 5.74) is 4.50. The summed E-state index contributed by atoms with van der Waals surface area (Å²) in [4.78, 5) is 19.0. The van der Waals surface area contributed by atoms with E-state index < -0.39 is 6.04 Å². The molecule has 2 aliphatic rings. The van der Waals surface area contributed by atoms with Gasteiger partial charge in [-0.15, -0.1) is 0 Å². The number of benzene rings is 4. The zero-order chi connectivity index (χ0) is 32.4. The molecule has 2 heterocycles. The highest BCUT2D eigenvalue weighted by molar-refractivity contribution is 6.31. The normalized spacial score (nSPS) is 19.8. The van der Waals surface area contributed by atoms with Gasteiger partial charge in [0.15, 0.2) is 0 Å². The minimum absolute atomic E-state index is 0.198. The average Bonchev–Trinajstić information content (AvgIpc) is 3.53. The van der Waals surface area contributed by atoms with Crippen LogP contribution in [0.3, 0.4) is 0 Å². The Bertz CT molecular complexity index is 1540. The van der Waals surface area contributed by atoms with Gasteiger partial charge in [-0.2, -0.15) is 0 Å². The van der Waals surface area contributed by atoms with Crippen LogP contribution < -0.4 is 4.74 Å². The molecular weight excluding hydrogens is 604 g/mol. The van der Waals surface area contributed by atoms with Crippen LogP contribution in [0.15, 0.2) is 109 Å². The molecule has 246 valence electrons. The molecule has 47 heavy (non-hydrogen) atoms. The van der Waals surface area contributed by atoms with Gasteiger partial charge in [-0.25, -0.2) is 4.79 Å². The topological polar surface area (TPSA) is 42.0 Å². The van der Waals surface area contributed by atoms with Crippen molar-refractivity contribution in [2.75, 3.05) is 39.8 Å². The lowest BCUT2D eigenvalue weighted by Crippen LogP contribution is -2.39. The molecule has 0 aliphatic carbocycles. The van der Waals surface area contributed by atoms with Gasteiger partial charge in [-0.3, -0.25) is 4.90 Å². The van der Waals surface area contributed by atoms with Crippen molar-refractivity contribution >= 4 is 17.6 Å². The molecule has 0 saturated carbocycles. The lowest BCUT2D eigenvalue weighted by Gasteiger charge is -2.35. The van der Waals surface area contributed by atoms with Crippen LogP contribution in [0.1, 0.15) is 59.9 Å². The number of rotatable bonds is 13. The summed E-state index contributed by atoms with van der Waals surface area (Å²) in [6.07, 6.45) is 6.28. The first-order valence-electron chi connectivity index (χ1n) is 17.2. The van der Waals surface area contributed by atoms with Gasteiger partial charge < -0.3 is 14.4 Å². The predicted molar refractivity (Wildman–Crippen MR) is 190 cm³/mol. The Kier molecular flexibility index (Phi) is 11.6. The largest absolute Gasteiger partial charge is 0.497 e. The van der Waals surface area contributed by atoms with E-state index in [0.29, 0.717) is 16.9 Å². The molecule has 4 aromatic rings. The van der Waals surface area contributed by atoms with Crippen molar-refractivity contribution in [3.63, 3.8) is 0 Å². The monoisotopic (exact) mass is 650 g/mol. The lowest BCUT2D eigenvalue weighted by molar-refractivity contribution is -0.151. The molecular formula is C41H47ClN2O3. The van der Waals surface area contributed by atoms with Gasteiger partial charge in [-0.1, -0.05) is 109 Å². The zero-order valence-electron chi connectivity index (χ0n) is 27.5. The number of carbonyl (C=O) groups is 1. The van der Waals surface area contributed by atoms with Gasteiger partial charge in [0.1, 0.15) is 18.4 Å². The fourth-order valence-electron chi connectivity index (χ4n) is 7.53. The van der Waals surface area contributed by atoms with Crippen molar-refractivity contribution in [2.24, 2.45) is 11.8 Å². The Morgan fingerprint density at radius 1 is 0.830 bits per heavy atom. The van der Waals surface area contributed by atoms with Gasteiger partial charge in [-0.05, 0) is 91.1 Å². The second kappa shape index (κ2) is 16.5. The molecule has 2 aliphatic heterocycles. The molecule has 6 heteroatoms. The summed E-state index contributed by atoms with van der Waals surface area (Å²) in [7, 11) is 1.64. The smallest absolute Gasteiger partial charge is 0.328 e. The first-order chi connectivity index (χ1) is 23.1. The minimum Gasteiger partial charge on any atom is -0.497 e. The van der Waals surface area contributed by atoms with E-state index in [1.54, 1.807) is 7.11 Å². The molecule has 0 bridgehead atoms. The van der Waals surface area contributed by atoms with Crippen LogP contribution in [0.4, 0.5) is 0 Å². The highest BCUT2D eigenvalue weighted by Crippen LogP contribution is 2.40. The van der Waals surface area contributed by atoms with Crippen LogP contribution in [-0.2, 0) is 22.6 Å². The summed E-state index contributed by atoms with van der Waals surface area (Å²) < 4.78 is 11.3. The van der Waals surface area contributed by atoms with E-state index in [0.717, 1.165) is 55.5 Å². The summed E-state index contributed by atoms with van der Waals surface area (Å²) in [5, 5.41) is 0.591. The number of halogens is 1. The summed E-state index contributed by atoms with van der Waals surface area (Å²) >= 11 is 6.77. The number of ether oxygens (including phenoxy) is 2. The molecule has 6 rings (SSSR count). The third kappa shape index (κ3) is 8.84. The fraction of sp³-hybridized carbons (Fsp3) is 0.390. The number of nitrogens with zero attached hydrogens (tertiary/aromatic N) is 2. The van der Waals surface area contributed by atoms with Crippen molar-refractivity contribution in [2.45, 2.75) is 50.7 Å². The molecule has 0 unspecified atom stereocenters. The maximum atomic E-state index is 14.0. The first-order valence-corrected chi connectivity index (χ1v) is 17.5. The third-order valence-corrected chi connectivity index (χ3v) is 10.5. The van der Waals surface area contributed by atoms with Gasteiger partial charge >= 0.3 is 5.97 Å².